The molecule has 4 aromatic rings. The number of hydrogen-bond donors (Lipinski definition) is 0. The third-order valence-electron chi connectivity index (χ3n) is 4.77. The number of benzene rings is 2. The van der Waals surface area contributed by atoms with Crippen LogP contribution in [0.2, 0.25) is 5.02 Å². The summed E-state index contributed by atoms with van der Waals surface area (Å²) in [5.74, 6) is -0.397. The molecule has 4 rings (SSSR count). The summed E-state index contributed by atoms with van der Waals surface area (Å²) < 4.78 is 16.8. The van der Waals surface area contributed by atoms with Gasteiger partial charge in [0.15, 0.2) is 5.65 Å². The van der Waals surface area contributed by atoms with E-state index in [1.54, 1.807) is 33.8 Å². The van der Waals surface area contributed by atoms with Crippen LogP contribution in [0.5, 0.6) is 0 Å². The van der Waals surface area contributed by atoms with Crippen molar-refractivity contribution in [3.05, 3.63) is 92.6 Å². The zero-order valence-electron chi connectivity index (χ0n) is 14.9. The van der Waals surface area contributed by atoms with Crippen LogP contribution in [0.4, 0.5) is 4.39 Å². The molecule has 0 radical (unpaired) electrons. The first-order valence-electron chi connectivity index (χ1n) is 8.54. The molecule has 0 spiro atoms. The van der Waals surface area contributed by atoms with Gasteiger partial charge in [0.2, 0.25) is 0 Å². The summed E-state index contributed by atoms with van der Waals surface area (Å²) in [7, 11) is 0. The predicted molar refractivity (Wildman–Crippen MR) is 105 cm³/mol. The van der Waals surface area contributed by atoms with Crippen molar-refractivity contribution in [1.29, 1.82) is 0 Å². The van der Waals surface area contributed by atoms with Gasteiger partial charge in [-0.1, -0.05) is 23.7 Å². The van der Waals surface area contributed by atoms with E-state index < -0.39 is 5.82 Å². The van der Waals surface area contributed by atoms with Crippen LogP contribution in [-0.4, -0.2) is 14.3 Å². The second-order valence-corrected chi connectivity index (χ2v) is 6.96. The summed E-state index contributed by atoms with van der Waals surface area (Å²) in [6.45, 7) is 4.32. The van der Waals surface area contributed by atoms with E-state index in [4.69, 9.17) is 11.6 Å². The fourth-order valence-electron chi connectivity index (χ4n) is 3.16. The number of pyridine rings is 1. The van der Waals surface area contributed by atoms with E-state index in [1.165, 1.54) is 12.1 Å². The third-order valence-corrected chi connectivity index (χ3v) is 5.12. The Morgan fingerprint density at radius 3 is 2.63 bits per heavy atom. The minimum absolute atomic E-state index is 0.153. The van der Waals surface area contributed by atoms with Crippen molar-refractivity contribution in [2.75, 3.05) is 0 Å². The minimum Gasteiger partial charge on any atom is -0.267 e. The highest BCUT2D eigenvalue weighted by Crippen LogP contribution is 2.22. The van der Waals surface area contributed by atoms with E-state index in [1.807, 2.05) is 32.0 Å². The van der Waals surface area contributed by atoms with Crippen LogP contribution < -0.4 is 5.56 Å². The Labute approximate surface area is 160 Å². The second kappa shape index (κ2) is 6.67. The number of rotatable bonds is 3. The average molecular weight is 382 g/mol. The van der Waals surface area contributed by atoms with Crippen molar-refractivity contribution < 1.29 is 4.39 Å². The van der Waals surface area contributed by atoms with Crippen molar-refractivity contribution in [2.45, 2.75) is 20.4 Å². The normalized spacial score (nSPS) is 11.3. The van der Waals surface area contributed by atoms with Gasteiger partial charge in [-0.25, -0.2) is 14.1 Å². The van der Waals surface area contributed by atoms with Crippen LogP contribution in [0.3, 0.4) is 0 Å². The Morgan fingerprint density at radius 2 is 1.89 bits per heavy atom. The van der Waals surface area contributed by atoms with E-state index in [0.717, 1.165) is 16.8 Å². The molecule has 2 aromatic heterocycles. The van der Waals surface area contributed by atoms with Crippen LogP contribution in [0.25, 0.3) is 16.7 Å². The van der Waals surface area contributed by atoms with Crippen LogP contribution in [0.1, 0.15) is 16.7 Å². The van der Waals surface area contributed by atoms with E-state index in [9.17, 15) is 9.18 Å². The maximum atomic E-state index is 13.4. The lowest BCUT2D eigenvalue weighted by Gasteiger charge is -2.14. The van der Waals surface area contributed by atoms with Gasteiger partial charge >= 0.3 is 0 Å². The standard InChI is InChI=1S/C21H17ClFN3O/c1-13-5-8-17(10-14(13)2)26-21(27)18-4-3-9-24-20(18)25(26)12-15-6-7-16(23)11-19(15)22/h3-11H,12H2,1-2H3. The third kappa shape index (κ3) is 3.04. The van der Waals surface area contributed by atoms with Crippen LogP contribution in [0, 0.1) is 19.7 Å². The fraction of sp³-hybridized carbons (Fsp3) is 0.143. The van der Waals surface area contributed by atoms with Crippen molar-refractivity contribution >= 4 is 22.6 Å². The van der Waals surface area contributed by atoms with Crippen LogP contribution >= 0.6 is 11.6 Å². The number of aromatic nitrogens is 3. The van der Waals surface area contributed by atoms with Gasteiger partial charge in [0.05, 0.1) is 17.6 Å². The lowest BCUT2D eigenvalue weighted by Crippen LogP contribution is -2.22. The van der Waals surface area contributed by atoms with Gasteiger partial charge in [-0.05, 0) is 66.9 Å². The van der Waals surface area contributed by atoms with Crippen LogP contribution in [-0.2, 0) is 6.54 Å². The van der Waals surface area contributed by atoms with Gasteiger partial charge in [-0.2, -0.15) is 0 Å². The Hall–Kier alpha value is -2.92. The molecule has 0 unspecified atom stereocenters. The van der Waals surface area contributed by atoms with E-state index in [2.05, 4.69) is 4.98 Å². The van der Waals surface area contributed by atoms with Crippen molar-refractivity contribution in [1.82, 2.24) is 14.3 Å². The molecule has 0 bridgehead atoms. The lowest BCUT2D eigenvalue weighted by molar-refractivity contribution is 0.601. The summed E-state index contributed by atoms with van der Waals surface area (Å²) in [6.07, 6.45) is 1.65. The highest BCUT2D eigenvalue weighted by Gasteiger charge is 2.17. The van der Waals surface area contributed by atoms with Gasteiger partial charge in [0.1, 0.15) is 5.82 Å². The quantitative estimate of drug-likeness (QED) is 0.518. The van der Waals surface area contributed by atoms with Gasteiger partial charge in [-0.15, -0.1) is 0 Å². The SMILES string of the molecule is Cc1ccc(-n2c(=O)c3cccnc3n2Cc2ccc(F)cc2Cl)cc1C. The van der Waals surface area contributed by atoms with Crippen molar-refractivity contribution in [3.8, 4) is 5.69 Å². The number of aryl methyl sites for hydroxylation is 2. The van der Waals surface area contributed by atoms with Gasteiger partial charge < -0.3 is 0 Å². The van der Waals surface area contributed by atoms with Gasteiger partial charge in [0.25, 0.3) is 5.56 Å². The summed E-state index contributed by atoms with van der Waals surface area (Å²) in [6, 6.07) is 13.6. The molecule has 6 heteroatoms. The smallest absolute Gasteiger partial charge is 0.267 e. The molecule has 0 aliphatic heterocycles. The van der Waals surface area contributed by atoms with Crippen molar-refractivity contribution in [3.63, 3.8) is 0 Å². The zero-order valence-corrected chi connectivity index (χ0v) is 15.7. The Morgan fingerprint density at radius 1 is 1.07 bits per heavy atom. The topological polar surface area (TPSA) is 39.8 Å². The molecule has 0 aliphatic carbocycles. The minimum atomic E-state index is -0.397. The first-order chi connectivity index (χ1) is 13.0. The first-order valence-corrected chi connectivity index (χ1v) is 8.91. The molecule has 0 amide bonds. The zero-order chi connectivity index (χ0) is 19.1. The molecule has 0 fully saturated rings. The monoisotopic (exact) mass is 381 g/mol. The number of hydrogen-bond acceptors (Lipinski definition) is 2. The molecule has 136 valence electrons. The molecule has 0 saturated carbocycles. The molecule has 2 aromatic carbocycles. The molecule has 0 N–H and O–H groups in total. The molecular weight excluding hydrogens is 365 g/mol. The Balaban J connectivity index is 1.98. The van der Waals surface area contributed by atoms with Gasteiger partial charge in [-0.3, -0.25) is 9.48 Å². The van der Waals surface area contributed by atoms with E-state index in [-0.39, 0.29) is 5.56 Å². The Bertz CT molecular complexity index is 1230. The lowest BCUT2D eigenvalue weighted by atomic mass is 10.1. The number of halogens is 2. The van der Waals surface area contributed by atoms with E-state index >= 15 is 0 Å². The van der Waals surface area contributed by atoms with Crippen molar-refractivity contribution in [2.24, 2.45) is 0 Å². The predicted octanol–water partition coefficient (Wildman–Crippen LogP) is 4.64. The largest absolute Gasteiger partial charge is 0.280 e. The van der Waals surface area contributed by atoms with Crippen LogP contribution in [0.15, 0.2) is 59.5 Å². The summed E-state index contributed by atoms with van der Waals surface area (Å²) in [5.41, 5.74) is 4.09. The summed E-state index contributed by atoms with van der Waals surface area (Å²) in [4.78, 5) is 17.5. The highest BCUT2D eigenvalue weighted by atomic mass is 35.5. The summed E-state index contributed by atoms with van der Waals surface area (Å²) in [5, 5.41) is 0.834. The first kappa shape index (κ1) is 17.5. The highest BCUT2D eigenvalue weighted by molar-refractivity contribution is 6.31. The maximum absolute atomic E-state index is 13.4. The number of nitrogens with zero attached hydrogens (tertiary/aromatic N) is 3. The molecular formula is C21H17ClFN3O. The van der Waals surface area contributed by atoms with Gasteiger partial charge in [0, 0.05) is 11.2 Å². The fourth-order valence-corrected chi connectivity index (χ4v) is 3.39. The summed E-state index contributed by atoms with van der Waals surface area (Å²) >= 11 is 6.22. The maximum Gasteiger partial charge on any atom is 0.280 e. The molecule has 2 heterocycles. The molecule has 4 nitrogen and oxygen atoms in total. The van der Waals surface area contributed by atoms with E-state index in [0.29, 0.717) is 28.2 Å². The Kier molecular flexibility index (Phi) is 4.32. The molecule has 0 saturated heterocycles. The number of fused-ring (bicyclic) bond motifs is 1. The average Bonchev–Trinajstić information content (AvgIpc) is 2.92. The second-order valence-electron chi connectivity index (χ2n) is 6.55. The molecule has 27 heavy (non-hydrogen) atoms. The molecule has 0 aliphatic rings. The molecule has 0 atom stereocenters.